The molecule has 1 aromatic heterocycles. The topological polar surface area (TPSA) is 106 Å². The molecule has 0 radical (unpaired) electrons. The molecule has 2 amide bonds. The Labute approximate surface area is 148 Å². The predicted octanol–water partition coefficient (Wildman–Crippen LogP) is 2.54. The van der Waals surface area contributed by atoms with Gasteiger partial charge in [-0.3, -0.25) is 10.1 Å². The molecule has 0 bridgehead atoms. The number of carbonyl (C=O) groups excluding carboxylic acids is 1. The van der Waals surface area contributed by atoms with E-state index in [4.69, 9.17) is 10.4 Å². The van der Waals surface area contributed by atoms with Gasteiger partial charge >= 0.3 is 12.0 Å². The molecule has 1 aliphatic heterocycles. The van der Waals surface area contributed by atoms with E-state index in [0.717, 1.165) is 10.4 Å². The normalized spacial score (nSPS) is 16.4. The second kappa shape index (κ2) is 7.32. The molecule has 7 nitrogen and oxygen atoms in total. The number of benzene rings is 1. The van der Waals surface area contributed by atoms with Crippen LogP contribution in [0.15, 0.2) is 30.5 Å². The lowest BCUT2D eigenvalue weighted by Gasteiger charge is -2.15. The van der Waals surface area contributed by atoms with E-state index in [1.165, 1.54) is 16.2 Å². The molecule has 25 heavy (non-hydrogen) atoms. The van der Waals surface area contributed by atoms with Crippen molar-refractivity contribution in [2.24, 2.45) is 5.92 Å². The highest BCUT2D eigenvalue weighted by Crippen LogP contribution is 2.23. The van der Waals surface area contributed by atoms with Gasteiger partial charge in [0.15, 0.2) is 5.13 Å². The number of likely N-dealkylation sites (tertiary alicyclic amines) is 1. The molecule has 2 heterocycles. The molecule has 1 unspecified atom stereocenters. The summed E-state index contributed by atoms with van der Waals surface area (Å²) in [6.45, 7) is 0.664. The van der Waals surface area contributed by atoms with Crippen molar-refractivity contribution in [3.05, 3.63) is 46.5 Å². The number of carboxylic acids is 1. The fraction of sp³-hybridized carbons (Fsp3) is 0.294. The lowest BCUT2D eigenvalue weighted by atomic mass is 10.1. The molecule has 1 aromatic carbocycles. The lowest BCUT2D eigenvalue weighted by Crippen LogP contribution is -2.33. The van der Waals surface area contributed by atoms with E-state index < -0.39 is 11.9 Å². The second-order valence-corrected chi connectivity index (χ2v) is 6.93. The molecule has 0 aliphatic carbocycles. The minimum absolute atomic E-state index is 0.227. The number of nitrogens with one attached hydrogen (secondary N) is 1. The van der Waals surface area contributed by atoms with E-state index in [9.17, 15) is 9.59 Å². The maximum Gasteiger partial charge on any atom is 0.323 e. The minimum Gasteiger partial charge on any atom is -0.481 e. The van der Waals surface area contributed by atoms with Gasteiger partial charge in [-0.15, -0.1) is 11.3 Å². The standard InChI is InChI=1S/C17H16N4O3S/c18-8-12-3-1-11(2-4-12)7-14-9-19-16(25-14)20-17(24)21-6-5-13(10-21)15(22)23/h1-4,9,13H,5-7,10H2,(H,22,23)(H,19,20,24). The van der Waals surface area contributed by atoms with Crippen molar-refractivity contribution in [2.45, 2.75) is 12.8 Å². The number of aliphatic carboxylic acids is 1. The zero-order valence-corrected chi connectivity index (χ0v) is 14.1. The van der Waals surface area contributed by atoms with Crippen molar-refractivity contribution >= 4 is 28.5 Å². The Hall–Kier alpha value is -2.92. The van der Waals surface area contributed by atoms with Crippen LogP contribution in [0.1, 0.15) is 22.4 Å². The van der Waals surface area contributed by atoms with Gasteiger partial charge < -0.3 is 10.0 Å². The zero-order chi connectivity index (χ0) is 17.8. The summed E-state index contributed by atoms with van der Waals surface area (Å²) in [6.07, 6.45) is 2.86. The third-order valence-corrected chi connectivity index (χ3v) is 4.97. The van der Waals surface area contributed by atoms with Crippen molar-refractivity contribution in [2.75, 3.05) is 18.4 Å². The van der Waals surface area contributed by atoms with Crippen LogP contribution in [-0.2, 0) is 11.2 Å². The average Bonchev–Trinajstić information content (AvgIpc) is 3.25. The number of hydrogen-bond acceptors (Lipinski definition) is 5. The first-order valence-electron chi connectivity index (χ1n) is 7.77. The molecule has 128 valence electrons. The van der Waals surface area contributed by atoms with Crippen LogP contribution in [0.2, 0.25) is 0 Å². The fourth-order valence-corrected chi connectivity index (χ4v) is 3.50. The summed E-state index contributed by atoms with van der Waals surface area (Å²) in [4.78, 5) is 29.8. The molecule has 0 spiro atoms. The fourth-order valence-electron chi connectivity index (χ4n) is 2.66. The molecule has 1 saturated heterocycles. The van der Waals surface area contributed by atoms with E-state index in [2.05, 4.69) is 16.4 Å². The number of urea groups is 1. The average molecular weight is 356 g/mol. The number of rotatable bonds is 4. The van der Waals surface area contributed by atoms with Crippen LogP contribution in [0.3, 0.4) is 0 Å². The van der Waals surface area contributed by atoms with Crippen molar-refractivity contribution < 1.29 is 14.7 Å². The first-order valence-corrected chi connectivity index (χ1v) is 8.59. The Morgan fingerprint density at radius 1 is 1.40 bits per heavy atom. The Kier molecular flexibility index (Phi) is 4.95. The van der Waals surface area contributed by atoms with Crippen molar-refractivity contribution in [1.29, 1.82) is 5.26 Å². The number of anilines is 1. The molecule has 2 aromatic rings. The zero-order valence-electron chi connectivity index (χ0n) is 13.3. The monoisotopic (exact) mass is 356 g/mol. The molecule has 1 atom stereocenters. The van der Waals surface area contributed by atoms with Crippen LogP contribution in [0.4, 0.5) is 9.93 Å². The smallest absolute Gasteiger partial charge is 0.323 e. The predicted molar refractivity (Wildman–Crippen MR) is 92.4 cm³/mol. The van der Waals surface area contributed by atoms with Crippen LogP contribution in [-0.4, -0.2) is 40.1 Å². The largest absolute Gasteiger partial charge is 0.481 e. The van der Waals surface area contributed by atoms with Crippen LogP contribution in [0.5, 0.6) is 0 Å². The highest BCUT2D eigenvalue weighted by molar-refractivity contribution is 7.15. The van der Waals surface area contributed by atoms with Gasteiger partial charge in [0.05, 0.1) is 17.6 Å². The van der Waals surface area contributed by atoms with Crippen molar-refractivity contribution in [3.8, 4) is 6.07 Å². The van der Waals surface area contributed by atoms with Gasteiger partial charge in [0.25, 0.3) is 0 Å². The molecule has 0 saturated carbocycles. The van der Waals surface area contributed by atoms with Crippen LogP contribution >= 0.6 is 11.3 Å². The van der Waals surface area contributed by atoms with Crippen molar-refractivity contribution in [1.82, 2.24) is 9.88 Å². The molecular formula is C17H16N4O3S. The third kappa shape index (κ3) is 4.14. The molecule has 3 rings (SSSR count). The summed E-state index contributed by atoms with van der Waals surface area (Å²) in [5.41, 5.74) is 1.68. The van der Waals surface area contributed by atoms with Crippen LogP contribution in [0, 0.1) is 17.2 Å². The van der Waals surface area contributed by atoms with E-state index in [0.29, 0.717) is 30.1 Å². The summed E-state index contributed by atoms with van der Waals surface area (Å²) in [6, 6.07) is 9.09. The summed E-state index contributed by atoms with van der Waals surface area (Å²) in [7, 11) is 0. The second-order valence-electron chi connectivity index (χ2n) is 5.82. The third-order valence-electron chi connectivity index (χ3n) is 4.05. The van der Waals surface area contributed by atoms with Gasteiger partial charge in [-0.1, -0.05) is 12.1 Å². The van der Waals surface area contributed by atoms with Gasteiger partial charge in [-0.2, -0.15) is 5.26 Å². The Balaban J connectivity index is 1.57. The number of thiazole rings is 1. The van der Waals surface area contributed by atoms with E-state index in [1.54, 1.807) is 18.3 Å². The van der Waals surface area contributed by atoms with Crippen LogP contribution in [0.25, 0.3) is 0 Å². The Bertz CT molecular complexity index is 825. The summed E-state index contributed by atoms with van der Waals surface area (Å²) >= 11 is 1.38. The van der Waals surface area contributed by atoms with E-state index in [-0.39, 0.29) is 12.6 Å². The molecular weight excluding hydrogens is 340 g/mol. The first-order chi connectivity index (χ1) is 12.0. The number of hydrogen-bond donors (Lipinski definition) is 2. The van der Waals surface area contributed by atoms with E-state index in [1.807, 2.05) is 12.1 Å². The molecule has 1 fully saturated rings. The van der Waals surface area contributed by atoms with Gasteiger partial charge in [-0.05, 0) is 24.1 Å². The maximum atomic E-state index is 12.2. The quantitative estimate of drug-likeness (QED) is 0.875. The summed E-state index contributed by atoms with van der Waals surface area (Å²) in [5.74, 6) is -1.36. The number of amides is 2. The highest BCUT2D eigenvalue weighted by atomic mass is 32.1. The first kappa shape index (κ1) is 16.9. The maximum absolute atomic E-state index is 12.2. The number of carbonyl (C=O) groups is 2. The summed E-state index contributed by atoms with van der Waals surface area (Å²) in [5, 5.41) is 21.0. The molecule has 1 aliphatic rings. The number of nitriles is 1. The molecule has 2 N–H and O–H groups in total. The van der Waals surface area contributed by atoms with Gasteiger partial charge in [0.1, 0.15) is 0 Å². The number of aromatic nitrogens is 1. The van der Waals surface area contributed by atoms with E-state index >= 15 is 0 Å². The molecule has 8 heteroatoms. The van der Waals surface area contributed by atoms with Crippen LogP contribution < -0.4 is 5.32 Å². The minimum atomic E-state index is -0.866. The highest BCUT2D eigenvalue weighted by Gasteiger charge is 2.31. The van der Waals surface area contributed by atoms with Crippen molar-refractivity contribution in [3.63, 3.8) is 0 Å². The lowest BCUT2D eigenvalue weighted by molar-refractivity contribution is -0.141. The number of carboxylic acid groups (broad SMARTS) is 1. The number of nitrogens with zero attached hydrogens (tertiary/aromatic N) is 3. The van der Waals surface area contributed by atoms with Gasteiger partial charge in [-0.25, -0.2) is 9.78 Å². The van der Waals surface area contributed by atoms with Gasteiger partial charge in [0, 0.05) is 30.6 Å². The summed E-state index contributed by atoms with van der Waals surface area (Å²) < 4.78 is 0. The Morgan fingerprint density at radius 2 is 2.16 bits per heavy atom. The SMILES string of the molecule is N#Cc1ccc(Cc2cnc(NC(=O)N3CCC(C(=O)O)C3)s2)cc1. The van der Waals surface area contributed by atoms with Gasteiger partial charge in [0.2, 0.25) is 0 Å². The Morgan fingerprint density at radius 3 is 2.80 bits per heavy atom.